The summed E-state index contributed by atoms with van der Waals surface area (Å²) in [6.45, 7) is 17.0. The first kappa shape index (κ1) is 26.9. The molecule has 0 spiro atoms. The van der Waals surface area contributed by atoms with E-state index in [1.54, 1.807) is 13.1 Å². The minimum absolute atomic E-state index is 0.596. The Morgan fingerprint density at radius 1 is 1.31 bits per heavy atom. The smallest absolute Gasteiger partial charge is 0.142 e. The van der Waals surface area contributed by atoms with Crippen molar-refractivity contribution >= 4 is 11.4 Å². The third-order valence-electron chi connectivity index (χ3n) is 5.11. The van der Waals surface area contributed by atoms with E-state index in [0.717, 1.165) is 41.2 Å². The molecule has 0 fully saturated rings. The predicted molar refractivity (Wildman–Crippen MR) is 138 cm³/mol. The number of nitrogens with one attached hydrogen (secondary N) is 1. The normalized spacial score (nSPS) is 14.8. The number of rotatable bonds is 9. The average molecular weight is 437 g/mol. The molecule has 0 unspecified atom stereocenters. The van der Waals surface area contributed by atoms with Crippen molar-refractivity contribution in [1.82, 2.24) is 20.2 Å². The predicted octanol–water partition coefficient (Wildman–Crippen LogP) is 5.37. The third-order valence-corrected chi connectivity index (χ3v) is 5.11. The molecule has 0 bridgehead atoms. The number of aromatic nitrogens is 1. The lowest BCUT2D eigenvalue weighted by molar-refractivity contribution is 0.360. The number of allylic oxidation sites excluding steroid dienone is 4. The fourth-order valence-electron chi connectivity index (χ4n) is 3.45. The molecule has 6 nitrogen and oxygen atoms in total. The van der Waals surface area contributed by atoms with Crippen LogP contribution in [0, 0.1) is 0 Å². The van der Waals surface area contributed by atoms with Crippen LogP contribution in [-0.2, 0) is 6.54 Å². The topological polar surface area (TPSA) is 69.8 Å². The van der Waals surface area contributed by atoms with Crippen LogP contribution < -0.4 is 11.3 Å². The molecular formula is C26H40N6. The Kier molecular flexibility index (Phi) is 11.8. The van der Waals surface area contributed by atoms with Crippen molar-refractivity contribution in [3.8, 4) is 0 Å². The highest BCUT2D eigenvalue weighted by Crippen LogP contribution is 2.29. The van der Waals surface area contributed by atoms with Gasteiger partial charge >= 0.3 is 0 Å². The fraction of sp³-hybridized carbons (Fsp3) is 0.385. The fourth-order valence-corrected chi connectivity index (χ4v) is 3.45. The summed E-state index contributed by atoms with van der Waals surface area (Å²) in [6, 6.07) is 4.13. The molecule has 0 saturated carbocycles. The molecular weight excluding hydrogens is 396 g/mol. The van der Waals surface area contributed by atoms with E-state index in [9.17, 15) is 0 Å². The standard InChI is InChI=1S/C24H34N6.C2H6/c1-7-10-12-20-17-29(6)18(4)30(20)16-19-13-14-23(27-15-19)22(11-8-2)21(9-3)24(26-5)28-25;1-2/h8-9,11,13-15,17H,2,4,7,10,12,16,25H2,1,3,5-6H3,(H,26,28);1-2H3/b21-9+,22-11+;. The zero-order valence-electron chi connectivity index (χ0n) is 20.7. The summed E-state index contributed by atoms with van der Waals surface area (Å²) in [5, 5.41) is 0. The lowest BCUT2D eigenvalue weighted by Gasteiger charge is -2.25. The number of hydrogen-bond donors (Lipinski definition) is 2. The van der Waals surface area contributed by atoms with Crippen molar-refractivity contribution in [3.05, 3.63) is 84.3 Å². The summed E-state index contributed by atoms with van der Waals surface area (Å²) in [7, 11) is 3.74. The van der Waals surface area contributed by atoms with E-state index in [4.69, 9.17) is 10.8 Å². The molecule has 0 aromatic carbocycles. The molecule has 2 rings (SSSR count). The number of nitrogens with two attached hydrogens (primary N) is 1. The molecule has 1 aliphatic heterocycles. The number of pyridine rings is 1. The van der Waals surface area contributed by atoms with Crippen molar-refractivity contribution in [1.29, 1.82) is 0 Å². The average Bonchev–Trinajstić information content (AvgIpc) is 3.09. The molecule has 174 valence electrons. The van der Waals surface area contributed by atoms with Crippen LogP contribution in [0.1, 0.15) is 58.2 Å². The Morgan fingerprint density at radius 2 is 2.03 bits per heavy atom. The minimum atomic E-state index is 0.596. The van der Waals surface area contributed by atoms with Crippen LogP contribution >= 0.6 is 0 Å². The zero-order chi connectivity index (χ0) is 24.1. The van der Waals surface area contributed by atoms with E-state index in [-0.39, 0.29) is 0 Å². The van der Waals surface area contributed by atoms with Crippen LogP contribution in [0.2, 0.25) is 0 Å². The molecule has 32 heavy (non-hydrogen) atoms. The maximum Gasteiger partial charge on any atom is 0.142 e. The second-order valence-electron chi connectivity index (χ2n) is 7.12. The van der Waals surface area contributed by atoms with E-state index in [1.165, 1.54) is 18.5 Å². The van der Waals surface area contributed by atoms with Gasteiger partial charge in [0.2, 0.25) is 0 Å². The van der Waals surface area contributed by atoms with Crippen molar-refractivity contribution in [3.63, 3.8) is 0 Å². The van der Waals surface area contributed by atoms with Gasteiger partial charge in [0.1, 0.15) is 11.7 Å². The third kappa shape index (κ3) is 6.69. The first-order chi connectivity index (χ1) is 15.5. The second-order valence-corrected chi connectivity index (χ2v) is 7.12. The lowest BCUT2D eigenvalue weighted by atomic mass is 9.99. The molecule has 1 aromatic rings. The zero-order valence-corrected chi connectivity index (χ0v) is 20.7. The summed E-state index contributed by atoms with van der Waals surface area (Å²) in [5.74, 6) is 7.23. The van der Waals surface area contributed by atoms with Gasteiger partial charge in [0.05, 0.1) is 12.2 Å². The molecule has 1 aromatic heterocycles. The van der Waals surface area contributed by atoms with Gasteiger partial charge in [-0.05, 0) is 31.4 Å². The Morgan fingerprint density at radius 3 is 2.53 bits per heavy atom. The monoisotopic (exact) mass is 436 g/mol. The van der Waals surface area contributed by atoms with Gasteiger partial charge in [0, 0.05) is 43.3 Å². The van der Waals surface area contributed by atoms with Gasteiger partial charge in [-0.15, -0.1) is 0 Å². The van der Waals surface area contributed by atoms with E-state index < -0.39 is 0 Å². The Hall–Kier alpha value is -3.12. The van der Waals surface area contributed by atoms with Crippen LogP contribution in [0.3, 0.4) is 0 Å². The molecule has 1 aliphatic rings. The minimum Gasteiger partial charge on any atom is -0.336 e. The lowest BCUT2D eigenvalue weighted by Crippen LogP contribution is -2.32. The summed E-state index contributed by atoms with van der Waals surface area (Å²) in [5.41, 5.74) is 7.70. The van der Waals surface area contributed by atoms with Crippen molar-refractivity contribution in [2.75, 3.05) is 14.1 Å². The van der Waals surface area contributed by atoms with Gasteiger partial charge in [-0.3, -0.25) is 9.98 Å². The maximum atomic E-state index is 5.64. The largest absolute Gasteiger partial charge is 0.336 e. The molecule has 3 N–H and O–H groups in total. The molecule has 0 amide bonds. The van der Waals surface area contributed by atoms with Crippen molar-refractivity contribution in [2.24, 2.45) is 10.8 Å². The van der Waals surface area contributed by atoms with Gasteiger partial charge < -0.3 is 15.2 Å². The maximum absolute atomic E-state index is 5.64. The molecule has 0 aliphatic carbocycles. The summed E-state index contributed by atoms with van der Waals surface area (Å²) < 4.78 is 0. The number of unbranched alkanes of at least 4 members (excludes halogenated alkanes) is 1. The quantitative estimate of drug-likeness (QED) is 0.179. The van der Waals surface area contributed by atoms with E-state index >= 15 is 0 Å². The van der Waals surface area contributed by atoms with Crippen molar-refractivity contribution < 1.29 is 0 Å². The first-order valence-electron chi connectivity index (χ1n) is 11.3. The summed E-state index contributed by atoms with van der Waals surface area (Å²) in [4.78, 5) is 13.3. The van der Waals surface area contributed by atoms with Crippen molar-refractivity contribution in [2.45, 2.75) is 53.5 Å². The number of nitrogens with zero attached hydrogens (tertiary/aromatic N) is 4. The van der Waals surface area contributed by atoms with E-state index in [0.29, 0.717) is 5.84 Å². The molecule has 6 heteroatoms. The molecule has 0 atom stereocenters. The number of aliphatic imine (C=N–C) groups is 1. The van der Waals surface area contributed by atoms with Crippen LogP contribution in [-0.4, -0.2) is 34.7 Å². The first-order valence-corrected chi connectivity index (χ1v) is 11.3. The Bertz CT molecular complexity index is 874. The second kappa shape index (κ2) is 14.0. The molecule has 2 heterocycles. The molecule has 0 saturated heterocycles. The SMILES string of the molecule is C=C/C=C(\C(=C/C)C(=NC)NN)c1ccc(CN2C(=C)N(C)C=C2CCCC)cn1.CC. The van der Waals surface area contributed by atoms with Crippen LogP contribution in [0.5, 0.6) is 0 Å². The summed E-state index contributed by atoms with van der Waals surface area (Å²) >= 11 is 0. The van der Waals surface area contributed by atoms with Gasteiger partial charge in [-0.1, -0.05) is 64.6 Å². The van der Waals surface area contributed by atoms with Gasteiger partial charge in [0.25, 0.3) is 0 Å². The number of amidine groups is 1. The van der Waals surface area contributed by atoms with E-state index in [1.807, 2.05) is 52.2 Å². The van der Waals surface area contributed by atoms with Gasteiger partial charge in [-0.25, -0.2) is 5.84 Å². The van der Waals surface area contributed by atoms with Gasteiger partial charge in [0.15, 0.2) is 0 Å². The Labute approximate surface area is 194 Å². The highest BCUT2D eigenvalue weighted by molar-refractivity contribution is 6.11. The summed E-state index contributed by atoms with van der Waals surface area (Å²) in [6.07, 6.45) is 13.1. The van der Waals surface area contributed by atoms with Crippen LogP contribution in [0.25, 0.3) is 5.57 Å². The van der Waals surface area contributed by atoms with Gasteiger partial charge in [-0.2, -0.15) is 0 Å². The highest BCUT2D eigenvalue weighted by atomic mass is 15.4. The number of hydrazine groups is 1. The Balaban J connectivity index is 0.00000249. The van der Waals surface area contributed by atoms with Crippen LogP contribution in [0.4, 0.5) is 0 Å². The van der Waals surface area contributed by atoms with E-state index in [2.05, 4.69) is 52.6 Å². The highest BCUT2D eigenvalue weighted by Gasteiger charge is 2.23. The molecule has 0 radical (unpaired) electrons. The van der Waals surface area contributed by atoms with Crippen LogP contribution in [0.15, 0.2) is 78.0 Å². The number of hydrogen-bond acceptors (Lipinski definition) is 5.